The number of sulfonamides is 1. The van der Waals surface area contributed by atoms with Gasteiger partial charge < -0.3 is 5.32 Å². The van der Waals surface area contributed by atoms with E-state index >= 15 is 0 Å². The van der Waals surface area contributed by atoms with E-state index in [2.05, 4.69) is 17.0 Å². The second kappa shape index (κ2) is 6.59. The highest BCUT2D eigenvalue weighted by Gasteiger charge is 2.24. The molecule has 1 aliphatic carbocycles. The summed E-state index contributed by atoms with van der Waals surface area (Å²) in [6.07, 6.45) is 3.45. The minimum atomic E-state index is -3.43. The van der Waals surface area contributed by atoms with Crippen molar-refractivity contribution in [3.63, 3.8) is 0 Å². The SMILES string of the molecule is CCNc1ccccc1S(=O)(=O)NCC1CCC(C)C1. The summed E-state index contributed by atoms with van der Waals surface area (Å²) in [6.45, 7) is 5.44. The Hall–Kier alpha value is -1.07. The van der Waals surface area contributed by atoms with E-state index in [1.165, 1.54) is 6.42 Å². The van der Waals surface area contributed by atoms with Gasteiger partial charge in [-0.1, -0.05) is 25.5 Å². The van der Waals surface area contributed by atoms with Crippen molar-refractivity contribution in [2.24, 2.45) is 11.8 Å². The average Bonchev–Trinajstić information content (AvgIpc) is 2.83. The van der Waals surface area contributed by atoms with Gasteiger partial charge in [0.05, 0.1) is 5.69 Å². The van der Waals surface area contributed by atoms with Crippen LogP contribution in [-0.2, 0) is 10.0 Å². The quantitative estimate of drug-likeness (QED) is 0.848. The first-order chi connectivity index (χ1) is 9.53. The predicted octanol–water partition coefficient (Wildman–Crippen LogP) is 2.83. The molecule has 1 aliphatic rings. The molecular formula is C15H24N2O2S. The van der Waals surface area contributed by atoms with Crippen LogP contribution in [0, 0.1) is 11.8 Å². The summed E-state index contributed by atoms with van der Waals surface area (Å²) >= 11 is 0. The molecule has 0 aliphatic heterocycles. The van der Waals surface area contributed by atoms with Crippen molar-refractivity contribution < 1.29 is 8.42 Å². The highest BCUT2D eigenvalue weighted by molar-refractivity contribution is 7.89. The summed E-state index contributed by atoms with van der Waals surface area (Å²) in [6, 6.07) is 7.05. The Bertz CT molecular complexity index is 543. The molecule has 0 spiro atoms. The summed E-state index contributed by atoms with van der Waals surface area (Å²) in [7, 11) is -3.43. The first-order valence-electron chi connectivity index (χ1n) is 7.35. The van der Waals surface area contributed by atoms with Crippen molar-refractivity contribution in [3.8, 4) is 0 Å². The van der Waals surface area contributed by atoms with E-state index < -0.39 is 10.0 Å². The third-order valence-corrected chi connectivity index (χ3v) is 5.39. The van der Waals surface area contributed by atoms with Gasteiger partial charge in [0.2, 0.25) is 10.0 Å². The van der Waals surface area contributed by atoms with Crippen molar-refractivity contribution in [2.75, 3.05) is 18.4 Å². The highest BCUT2D eigenvalue weighted by atomic mass is 32.2. The zero-order chi connectivity index (χ0) is 14.6. The van der Waals surface area contributed by atoms with Gasteiger partial charge in [0.25, 0.3) is 0 Å². The van der Waals surface area contributed by atoms with Crippen molar-refractivity contribution >= 4 is 15.7 Å². The molecule has 2 atom stereocenters. The van der Waals surface area contributed by atoms with E-state index in [4.69, 9.17) is 0 Å². The number of anilines is 1. The zero-order valence-corrected chi connectivity index (χ0v) is 13.0. The van der Waals surface area contributed by atoms with Gasteiger partial charge in [0.1, 0.15) is 4.90 Å². The Labute approximate surface area is 122 Å². The number of hydrogen-bond donors (Lipinski definition) is 2. The molecule has 0 heterocycles. The van der Waals surface area contributed by atoms with Gasteiger partial charge in [0, 0.05) is 13.1 Å². The molecule has 1 saturated carbocycles. The minimum absolute atomic E-state index is 0.341. The van der Waals surface area contributed by atoms with Crippen molar-refractivity contribution in [2.45, 2.75) is 38.0 Å². The lowest BCUT2D eigenvalue weighted by atomic mass is 10.1. The van der Waals surface area contributed by atoms with Crippen LogP contribution in [0.2, 0.25) is 0 Å². The second-order valence-electron chi connectivity index (χ2n) is 5.66. The summed E-state index contributed by atoms with van der Waals surface area (Å²) in [5, 5.41) is 3.10. The largest absolute Gasteiger partial charge is 0.384 e. The van der Waals surface area contributed by atoms with E-state index in [0.29, 0.717) is 29.6 Å². The lowest BCUT2D eigenvalue weighted by Crippen LogP contribution is -2.29. The Morgan fingerprint density at radius 3 is 2.65 bits per heavy atom. The topological polar surface area (TPSA) is 58.2 Å². The maximum atomic E-state index is 12.4. The number of para-hydroxylation sites is 1. The van der Waals surface area contributed by atoms with Crippen molar-refractivity contribution in [1.29, 1.82) is 0 Å². The van der Waals surface area contributed by atoms with E-state index in [9.17, 15) is 8.42 Å². The van der Waals surface area contributed by atoms with Crippen molar-refractivity contribution in [1.82, 2.24) is 4.72 Å². The molecule has 20 heavy (non-hydrogen) atoms. The Balaban J connectivity index is 2.06. The molecular weight excluding hydrogens is 272 g/mol. The first kappa shape index (κ1) is 15.3. The van der Waals surface area contributed by atoms with Crippen LogP contribution < -0.4 is 10.0 Å². The lowest BCUT2D eigenvalue weighted by molar-refractivity contribution is 0.498. The van der Waals surface area contributed by atoms with Crippen LogP contribution in [0.4, 0.5) is 5.69 Å². The zero-order valence-electron chi connectivity index (χ0n) is 12.2. The van der Waals surface area contributed by atoms with Gasteiger partial charge in [-0.3, -0.25) is 0 Å². The van der Waals surface area contributed by atoms with Crippen LogP contribution in [0.3, 0.4) is 0 Å². The minimum Gasteiger partial charge on any atom is -0.384 e. The van der Waals surface area contributed by atoms with Crippen LogP contribution in [-0.4, -0.2) is 21.5 Å². The highest BCUT2D eigenvalue weighted by Crippen LogP contribution is 2.30. The maximum absolute atomic E-state index is 12.4. The smallest absolute Gasteiger partial charge is 0.242 e. The molecule has 1 fully saturated rings. The molecule has 0 radical (unpaired) electrons. The van der Waals surface area contributed by atoms with Crippen LogP contribution in [0.25, 0.3) is 0 Å². The monoisotopic (exact) mass is 296 g/mol. The number of nitrogens with one attached hydrogen (secondary N) is 2. The third kappa shape index (κ3) is 3.73. The molecule has 0 amide bonds. The van der Waals surface area contributed by atoms with Crippen LogP contribution in [0.1, 0.15) is 33.1 Å². The molecule has 2 N–H and O–H groups in total. The molecule has 0 saturated heterocycles. The number of rotatable bonds is 6. The van der Waals surface area contributed by atoms with Gasteiger partial charge in [-0.2, -0.15) is 0 Å². The third-order valence-electron chi connectivity index (χ3n) is 3.91. The van der Waals surface area contributed by atoms with Gasteiger partial charge >= 0.3 is 0 Å². The van der Waals surface area contributed by atoms with Gasteiger partial charge in [0.15, 0.2) is 0 Å². The number of benzene rings is 1. The fourth-order valence-corrected chi connectivity index (χ4v) is 4.15. The molecule has 5 heteroatoms. The van der Waals surface area contributed by atoms with E-state index in [-0.39, 0.29) is 0 Å². The van der Waals surface area contributed by atoms with E-state index in [1.807, 2.05) is 13.0 Å². The van der Waals surface area contributed by atoms with E-state index in [0.717, 1.165) is 18.8 Å². The molecule has 0 aromatic heterocycles. The number of hydrogen-bond acceptors (Lipinski definition) is 3. The molecule has 2 unspecified atom stereocenters. The summed E-state index contributed by atoms with van der Waals surface area (Å²) < 4.78 is 27.6. The Morgan fingerprint density at radius 2 is 2.00 bits per heavy atom. The van der Waals surface area contributed by atoms with Crippen LogP contribution in [0.15, 0.2) is 29.2 Å². The van der Waals surface area contributed by atoms with Gasteiger partial charge in [-0.05, 0) is 43.7 Å². The first-order valence-corrected chi connectivity index (χ1v) is 8.83. The predicted molar refractivity (Wildman–Crippen MR) is 82.3 cm³/mol. The molecule has 0 bridgehead atoms. The standard InChI is InChI=1S/C15H24N2O2S/c1-3-16-14-6-4-5-7-15(14)20(18,19)17-11-13-9-8-12(2)10-13/h4-7,12-13,16-17H,3,8-11H2,1-2H3. The molecule has 2 rings (SSSR count). The summed E-state index contributed by atoms with van der Waals surface area (Å²) in [5.74, 6) is 1.20. The summed E-state index contributed by atoms with van der Waals surface area (Å²) in [4.78, 5) is 0.341. The summed E-state index contributed by atoms with van der Waals surface area (Å²) in [5.41, 5.74) is 0.669. The average molecular weight is 296 g/mol. The van der Waals surface area contributed by atoms with Crippen LogP contribution in [0.5, 0.6) is 0 Å². The molecule has 1 aromatic rings. The van der Waals surface area contributed by atoms with Gasteiger partial charge in [-0.25, -0.2) is 13.1 Å². The van der Waals surface area contributed by atoms with Crippen LogP contribution >= 0.6 is 0 Å². The Morgan fingerprint density at radius 1 is 1.25 bits per heavy atom. The second-order valence-corrected chi connectivity index (χ2v) is 7.40. The fraction of sp³-hybridized carbons (Fsp3) is 0.600. The fourth-order valence-electron chi connectivity index (χ4n) is 2.85. The Kier molecular flexibility index (Phi) is 5.05. The normalized spacial score (nSPS) is 22.9. The van der Waals surface area contributed by atoms with Gasteiger partial charge in [-0.15, -0.1) is 0 Å². The van der Waals surface area contributed by atoms with E-state index in [1.54, 1.807) is 18.2 Å². The molecule has 4 nitrogen and oxygen atoms in total. The molecule has 1 aromatic carbocycles. The lowest BCUT2D eigenvalue weighted by Gasteiger charge is -2.14. The van der Waals surface area contributed by atoms with Crippen molar-refractivity contribution in [3.05, 3.63) is 24.3 Å². The molecule has 112 valence electrons. The maximum Gasteiger partial charge on any atom is 0.242 e.